The van der Waals surface area contributed by atoms with E-state index in [9.17, 15) is 4.79 Å². The van der Waals surface area contributed by atoms with Gasteiger partial charge in [-0.05, 0) is 49.8 Å². The van der Waals surface area contributed by atoms with Gasteiger partial charge in [0.25, 0.3) is 0 Å². The van der Waals surface area contributed by atoms with Gasteiger partial charge in [0.2, 0.25) is 5.91 Å². The summed E-state index contributed by atoms with van der Waals surface area (Å²) >= 11 is 0. The number of hydrogen-bond donors (Lipinski definition) is 0. The van der Waals surface area contributed by atoms with Crippen LogP contribution in [0.4, 0.5) is 0 Å². The number of rotatable bonds is 5. The zero-order valence-corrected chi connectivity index (χ0v) is 15.8. The molecule has 7 heteroatoms. The van der Waals surface area contributed by atoms with E-state index in [2.05, 4.69) is 20.3 Å². The molecule has 1 amide bonds. The normalized spacial score (nSPS) is 19.7. The van der Waals surface area contributed by atoms with Crippen molar-refractivity contribution in [3.8, 4) is 16.9 Å². The summed E-state index contributed by atoms with van der Waals surface area (Å²) < 4.78 is 3.75. The minimum Gasteiger partial charge on any atom is -0.342 e. The molecule has 1 atom stereocenters. The van der Waals surface area contributed by atoms with Gasteiger partial charge in [-0.1, -0.05) is 17.3 Å². The second-order valence-electron chi connectivity index (χ2n) is 7.89. The molecule has 5 rings (SSSR count). The lowest BCUT2D eigenvalue weighted by molar-refractivity contribution is -0.134. The van der Waals surface area contributed by atoms with Crippen LogP contribution in [0.1, 0.15) is 25.7 Å². The van der Waals surface area contributed by atoms with Gasteiger partial charge in [0.15, 0.2) is 0 Å². The molecule has 1 unspecified atom stereocenters. The number of piperidine rings is 1. The number of amides is 1. The highest BCUT2D eigenvalue weighted by atomic mass is 16.2. The Hall–Kier alpha value is -2.96. The van der Waals surface area contributed by atoms with Crippen LogP contribution in [-0.2, 0) is 11.3 Å². The van der Waals surface area contributed by atoms with E-state index in [0.717, 1.165) is 62.3 Å². The maximum Gasteiger partial charge on any atom is 0.225 e. The molecule has 28 heavy (non-hydrogen) atoms. The van der Waals surface area contributed by atoms with Gasteiger partial charge in [0.05, 0.1) is 11.9 Å². The Labute approximate surface area is 164 Å². The third-order valence-electron chi connectivity index (χ3n) is 5.67. The molecule has 2 fully saturated rings. The largest absolute Gasteiger partial charge is 0.342 e. The molecule has 3 heterocycles. The highest BCUT2D eigenvalue weighted by Crippen LogP contribution is 2.32. The van der Waals surface area contributed by atoms with Crippen molar-refractivity contribution >= 4 is 5.91 Å². The summed E-state index contributed by atoms with van der Waals surface area (Å²) in [6.45, 7) is 2.58. The van der Waals surface area contributed by atoms with Crippen LogP contribution in [0.3, 0.4) is 0 Å². The van der Waals surface area contributed by atoms with Crippen molar-refractivity contribution in [2.75, 3.05) is 13.1 Å². The van der Waals surface area contributed by atoms with Gasteiger partial charge in [-0.2, -0.15) is 5.10 Å². The molecule has 144 valence electrons. The summed E-state index contributed by atoms with van der Waals surface area (Å²) in [5.74, 6) is 1.12. The summed E-state index contributed by atoms with van der Waals surface area (Å²) in [7, 11) is 0. The van der Waals surface area contributed by atoms with E-state index in [1.165, 1.54) is 0 Å². The number of aromatic nitrogens is 5. The number of hydrogen-bond acceptors (Lipinski definition) is 4. The van der Waals surface area contributed by atoms with Crippen molar-refractivity contribution < 1.29 is 4.79 Å². The molecule has 0 N–H and O–H groups in total. The van der Waals surface area contributed by atoms with Crippen LogP contribution in [-0.4, -0.2) is 48.7 Å². The van der Waals surface area contributed by atoms with Crippen LogP contribution in [0.5, 0.6) is 0 Å². The predicted octanol–water partition coefficient (Wildman–Crippen LogP) is 2.78. The maximum absolute atomic E-state index is 12.3. The third kappa shape index (κ3) is 3.56. The lowest BCUT2D eigenvalue weighted by Gasteiger charge is -2.32. The summed E-state index contributed by atoms with van der Waals surface area (Å²) in [4.78, 5) is 14.4. The first-order valence-electron chi connectivity index (χ1n) is 10.1. The molecule has 1 saturated heterocycles. The monoisotopic (exact) mass is 376 g/mol. The lowest BCUT2D eigenvalue weighted by atomic mass is 9.97. The summed E-state index contributed by atoms with van der Waals surface area (Å²) in [5.41, 5.74) is 2.92. The van der Waals surface area contributed by atoms with Crippen LogP contribution in [0.25, 0.3) is 16.9 Å². The smallest absolute Gasteiger partial charge is 0.225 e. The fraction of sp³-hybridized carbons (Fsp3) is 0.429. The standard InChI is InChI=1S/C21H24N6O/c28-21(18-4-5-18)25-11-1-3-16(13-25)14-26-15-20(23-24-26)17-6-8-19(9-7-17)27-12-2-10-22-27/h2,6-10,12,15-16,18H,1,3-5,11,13-14H2. The Kier molecular flexibility index (Phi) is 4.43. The Balaban J connectivity index is 1.24. The van der Waals surface area contributed by atoms with E-state index in [4.69, 9.17) is 0 Å². The van der Waals surface area contributed by atoms with Gasteiger partial charge >= 0.3 is 0 Å². The zero-order valence-electron chi connectivity index (χ0n) is 15.8. The molecule has 0 spiro atoms. The molecule has 1 aliphatic carbocycles. The molecule has 1 aliphatic heterocycles. The zero-order chi connectivity index (χ0) is 18.9. The van der Waals surface area contributed by atoms with Gasteiger partial charge in [0.1, 0.15) is 5.69 Å². The van der Waals surface area contributed by atoms with Gasteiger partial charge < -0.3 is 4.90 Å². The Bertz CT molecular complexity index is 942. The molecular weight excluding hydrogens is 352 g/mol. The number of carbonyl (C=O) groups is 1. The molecule has 3 aromatic rings. The van der Waals surface area contributed by atoms with E-state index in [1.807, 2.05) is 52.1 Å². The van der Waals surface area contributed by atoms with Gasteiger partial charge in [0, 0.05) is 43.5 Å². The predicted molar refractivity (Wildman–Crippen MR) is 105 cm³/mol. The summed E-state index contributed by atoms with van der Waals surface area (Å²) in [5, 5.41) is 12.9. The maximum atomic E-state index is 12.3. The summed E-state index contributed by atoms with van der Waals surface area (Å²) in [6.07, 6.45) is 10.1. The highest BCUT2D eigenvalue weighted by Gasteiger charge is 2.35. The fourth-order valence-electron chi connectivity index (χ4n) is 3.99. The molecular formula is C21H24N6O. The number of likely N-dealkylation sites (tertiary alicyclic amines) is 1. The van der Waals surface area contributed by atoms with E-state index < -0.39 is 0 Å². The van der Waals surface area contributed by atoms with E-state index in [-0.39, 0.29) is 0 Å². The molecule has 1 aromatic carbocycles. The molecule has 2 aliphatic rings. The van der Waals surface area contributed by atoms with E-state index >= 15 is 0 Å². The Morgan fingerprint density at radius 1 is 1.14 bits per heavy atom. The molecule has 0 bridgehead atoms. The van der Waals surface area contributed by atoms with E-state index in [1.54, 1.807) is 6.20 Å². The average molecular weight is 376 g/mol. The first-order valence-corrected chi connectivity index (χ1v) is 10.1. The molecule has 7 nitrogen and oxygen atoms in total. The van der Waals surface area contributed by atoms with Crippen LogP contribution in [0.15, 0.2) is 48.9 Å². The van der Waals surface area contributed by atoms with Gasteiger partial charge in [-0.25, -0.2) is 4.68 Å². The SMILES string of the molecule is O=C(C1CC1)N1CCCC(Cn2cc(-c3ccc(-n4cccn4)cc3)nn2)C1. The van der Waals surface area contributed by atoms with Crippen molar-refractivity contribution in [1.29, 1.82) is 0 Å². The van der Waals surface area contributed by atoms with Crippen molar-refractivity contribution in [1.82, 2.24) is 29.7 Å². The second-order valence-corrected chi connectivity index (χ2v) is 7.89. The number of nitrogens with zero attached hydrogens (tertiary/aromatic N) is 6. The number of carbonyl (C=O) groups excluding carboxylic acids is 1. The lowest BCUT2D eigenvalue weighted by Crippen LogP contribution is -2.41. The quantitative estimate of drug-likeness (QED) is 0.687. The third-order valence-corrected chi connectivity index (χ3v) is 5.67. The average Bonchev–Trinajstić information content (AvgIpc) is 3.23. The minimum atomic E-state index is 0.307. The van der Waals surface area contributed by atoms with Crippen LogP contribution < -0.4 is 0 Å². The molecule has 1 saturated carbocycles. The van der Waals surface area contributed by atoms with Crippen LogP contribution in [0, 0.1) is 11.8 Å². The molecule has 2 aromatic heterocycles. The van der Waals surface area contributed by atoms with Crippen molar-refractivity contribution in [2.45, 2.75) is 32.2 Å². The minimum absolute atomic E-state index is 0.307. The molecule has 0 radical (unpaired) electrons. The highest BCUT2D eigenvalue weighted by molar-refractivity contribution is 5.81. The van der Waals surface area contributed by atoms with Crippen LogP contribution in [0.2, 0.25) is 0 Å². The summed E-state index contributed by atoms with van der Waals surface area (Å²) in [6, 6.07) is 10.1. The second kappa shape index (κ2) is 7.22. The van der Waals surface area contributed by atoms with Crippen molar-refractivity contribution in [3.05, 3.63) is 48.9 Å². The Morgan fingerprint density at radius 3 is 2.75 bits per heavy atom. The van der Waals surface area contributed by atoms with Crippen molar-refractivity contribution in [2.24, 2.45) is 11.8 Å². The number of benzene rings is 1. The topological polar surface area (TPSA) is 68.8 Å². The Morgan fingerprint density at radius 2 is 2.00 bits per heavy atom. The van der Waals surface area contributed by atoms with Gasteiger partial charge in [-0.3, -0.25) is 9.48 Å². The first kappa shape index (κ1) is 17.2. The van der Waals surface area contributed by atoms with Crippen molar-refractivity contribution in [3.63, 3.8) is 0 Å². The fourth-order valence-corrected chi connectivity index (χ4v) is 3.99. The van der Waals surface area contributed by atoms with E-state index in [0.29, 0.717) is 17.7 Å². The van der Waals surface area contributed by atoms with Gasteiger partial charge in [-0.15, -0.1) is 5.10 Å². The first-order chi connectivity index (χ1) is 13.8. The van der Waals surface area contributed by atoms with Crippen LogP contribution >= 0.6 is 0 Å².